The molecule has 0 radical (unpaired) electrons. The van der Waals surface area contributed by atoms with Gasteiger partial charge in [0.1, 0.15) is 0 Å². The number of anilines is 2. The van der Waals surface area contributed by atoms with Crippen LogP contribution >= 0.6 is 11.6 Å². The summed E-state index contributed by atoms with van der Waals surface area (Å²) < 4.78 is 10.2. The van der Waals surface area contributed by atoms with E-state index in [1.165, 1.54) is 6.07 Å². The van der Waals surface area contributed by atoms with E-state index >= 15 is 0 Å². The first-order valence-corrected chi connectivity index (χ1v) is 11.1. The van der Waals surface area contributed by atoms with Crippen molar-refractivity contribution in [2.45, 2.75) is 19.8 Å². The summed E-state index contributed by atoms with van der Waals surface area (Å²) in [5.74, 6) is -0.0768. The Bertz CT molecular complexity index is 1050. The molecule has 0 unspecified atom stereocenters. The Kier molecular flexibility index (Phi) is 8.81. The molecule has 1 aliphatic heterocycles. The Morgan fingerprint density at radius 2 is 2.06 bits per heavy atom. The van der Waals surface area contributed by atoms with Gasteiger partial charge in [-0.05, 0) is 31.5 Å². The Hall–Kier alpha value is -2.95. The van der Waals surface area contributed by atoms with Gasteiger partial charge in [-0.15, -0.1) is 0 Å². The average molecular weight is 478 g/mol. The van der Waals surface area contributed by atoms with Gasteiger partial charge in [0.05, 0.1) is 30.4 Å². The molecule has 0 atom stereocenters. The van der Waals surface area contributed by atoms with Crippen LogP contribution in [0.3, 0.4) is 0 Å². The van der Waals surface area contributed by atoms with Crippen LogP contribution < -0.4 is 21.1 Å². The first kappa shape index (κ1) is 24.7. The zero-order valence-corrected chi connectivity index (χ0v) is 19.5. The number of carbonyl (C=O) groups excluding carboxylic acids is 2. The lowest BCUT2D eigenvalue weighted by Gasteiger charge is -2.27. The van der Waals surface area contributed by atoms with E-state index in [0.29, 0.717) is 67.9 Å². The molecule has 3 rings (SSSR count). The second-order valence-corrected chi connectivity index (χ2v) is 7.95. The standard InChI is InChI=1S/C22H28ClN5O5/c1-14-16(21(31)27-22(25-14)28-8-11-33-12-9-28)5-6-19(29)26-15-3-4-17(18(23)13-15)20(30)24-7-10-32-2/h3-4,13H,5-12H2,1-2H3,(H,24,30)(H,26,29)(H,25,27,31). The number of nitrogens with zero attached hydrogens (tertiary/aromatic N) is 2. The van der Waals surface area contributed by atoms with Crippen LogP contribution in [0.4, 0.5) is 11.6 Å². The molecule has 0 saturated carbocycles. The quantitative estimate of drug-likeness (QED) is 0.467. The van der Waals surface area contributed by atoms with Gasteiger partial charge in [-0.2, -0.15) is 0 Å². The summed E-state index contributed by atoms with van der Waals surface area (Å²) in [7, 11) is 1.55. The van der Waals surface area contributed by atoms with Crippen LogP contribution in [-0.4, -0.2) is 68.3 Å². The van der Waals surface area contributed by atoms with Gasteiger partial charge in [-0.1, -0.05) is 11.6 Å². The molecule has 178 valence electrons. The highest BCUT2D eigenvalue weighted by molar-refractivity contribution is 6.34. The average Bonchev–Trinajstić information content (AvgIpc) is 2.79. The number of amides is 2. The van der Waals surface area contributed by atoms with Crippen LogP contribution in [-0.2, 0) is 20.7 Å². The van der Waals surface area contributed by atoms with Crippen molar-refractivity contribution in [3.63, 3.8) is 0 Å². The van der Waals surface area contributed by atoms with Crippen molar-refractivity contribution in [1.29, 1.82) is 0 Å². The smallest absolute Gasteiger partial charge is 0.255 e. The van der Waals surface area contributed by atoms with Gasteiger partial charge in [0.2, 0.25) is 11.9 Å². The molecule has 1 aliphatic rings. The van der Waals surface area contributed by atoms with Crippen LogP contribution in [0, 0.1) is 6.92 Å². The molecule has 1 fully saturated rings. The number of morpholine rings is 1. The minimum Gasteiger partial charge on any atom is -0.383 e. The van der Waals surface area contributed by atoms with E-state index < -0.39 is 0 Å². The predicted octanol–water partition coefficient (Wildman–Crippen LogP) is 1.52. The molecular formula is C22H28ClN5O5. The zero-order valence-electron chi connectivity index (χ0n) is 18.7. The fraction of sp³-hybridized carbons (Fsp3) is 0.455. The van der Waals surface area contributed by atoms with E-state index in [1.807, 2.05) is 4.90 Å². The first-order chi connectivity index (χ1) is 15.9. The summed E-state index contributed by atoms with van der Waals surface area (Å²) in [6, 6.07) is 4.66. The fourth-order valence-electron chi connectivity index (χ4n) is 3.42. The molecule has 10 nitrogen and oxygen atoms in total. The van der Waals surface area contributed by atoms with E-state index in [1.54, 1.807) is 26.2 Å². The van der Waals surface area contributed by atoms with Crippen molar-refractivity contribution in [2.24, 2.45) is 0 Å². The molecule has 0 aliphatic carbocycles. The minimum atomic E-state index is -0.322. The van der Waals surface area contributed by atoms with Crippen LogP contribution in [0.1, 0.15) is 28.0 Å². The maximum absolute atomic E-state index is 12.6. The summed E-state index contributed by atoms with van der Waals surface area (Å²) in [6.45, 7) is 5.04. The van der Waals surface area contributed by atoms with Gasteiger partial charge < -0.3 is 25.0 Å². The van der Waals surface area contributed by atoms with E-state index in [-0.39, 0.29) is 35.2 Å². The van der Waals surface area contributed by atoms with Crippen molar-refractivity contribution >= 4 is 35.1 Å². The summed E-state index contributed by atoms with van der Waals surface area (Å²) in [6.07, 6.45) is 0.344. The minimum absolute atomic E-state index is 0.0966. The molecule has 1 saturated heterocycles. The molecule has 0 spiro atoms. The van der Waals surface area contributed by atoms with Crippen LogP contribution in [0.5, 0.6) is 0 Å². The van der Waals surface area contributed by atoms with Crippen molar-refractivity contribution in [1.82, 2.24) is 15.3 Å². The molecule has 1 aromatic heterocycles. The second-order valence-electron chi connectivity index (χ2n) is 7.54. The third-order valence-corrected chi connectivity index (χ3v) is 5.52. The normalized spacial score (nSPS) is 13.6. The van der Waals surface area contributed by atoms with E-state index in [2.05, 4.69) is 20.6 Å². The molecule has 2 aromatic rings. The summed E-state index contributed by atoms with van der Waals surface area (Å²) in [5.41, 5.74) is 1.59. The number of aromatic amines is 1. The van der Waals surface area contributed by atoms with Crippen LogP contribution in [0.15, 0.2) is 23.0 Å². The lowest BCUT2D eigenvalue weighted by Crippen LogP contribution is -2.38. The number of hydrogen-bond donors (Lipinski definition) is 3. The molecule has 33 heavy (non-hydrogen) atoms. The lowest BCUT2D eigenvalue weighted by atomic mass is 10.1. The fourth-order valence-corrected chi connectivity index (χ4v) is 3.68. The van der Waals surface area contributed by atoms with Crippen molar-refractivity contribution < 1.29 is 19.1 Å². The number of nitrogens with one attached hydrogen (secondary N) is 3. The van der Waals surface area contributed by atoms with Gasteiger partial charge in [0.25, 0.3) is 11.5 Å². The molecular weight excluding hydrogens is 450 g/mol. The second kappa shape index (κ2) is 11.8. The molecule has 0 bridgehead atoms. The number of halogens is 1. The highest BCUT2D eigenvalue weighted by Gasteiger charge is 2.17. The number of ether oxygens (including phenoxy) is 2. The van der Waals surface area contributed by atoms with E-state index in [4.69, 9.17) is 21.1 Å². The number of aromatic nitrogens is 2. The topological polar surface area (TPSA) is 126 Å². The maximum atomic E-state index is 12.6. The Balaban J connectivity index is 1.57. The Labute approximate surface area is 196 Å². The number of H-pyrrole nitrogens is 1. The Morgan fingerprint density at radius 1 is 1.30 bits per heavy atom. The van der Waals surface area contributed by atoms with Gasteiger partial charge in [0.15, 0.2) is 0 Å². The molecule has 2 heterocycles. The Morgan fingerprint density at radius 3 is 2.73 bits per heavy atom. The zero-order chi connectivity index (χ0) is 23.8. The summed E-state index contributed by atoms with van der Waals surface area (Å²) in [5, 5.41) is 5.66. The highest BCUT2D eigenvalue weighted by Crippen LogP contribution is 2.21. The van der Waals surface area contributed by atoms with Gasteiger partial charge >= 0.3 is 0 Å². The highest BCUT2D eigenvalue weighted by atomic mass is 35.5. The molecule has 11 heteroatoms. The lowest BCUT2D eigenvalue weighted by molar-refractivity contribution is -0.116. The molecule has 2 amide bonds. The maximum Gasteiger partial charge on any atom is 0.255 e. The third-order valence-electron chi connectivity index (χ3n) is 5.21. The number of carbonyl (C=O) groups is 2. The van der Waals surface area contributed by atoms with Crippen LogP contribution in [0.25, 0.3) is 0 Å². The van der Waals surface area contributed by atoms with Gasteiger partial charge in [-0.3, -0.25) is 19.4 Å². The van der Waals surface area contributed by atoms with Crippen molar-refractivity contribution in [2.75, 3.05) is 56.8 Å². The number of rotatable bonds is 9. The van der Waals surface area contributed by atoms with Crippen LogP contribution in [0.2, 0.25) is 5.02 Å². The largest absolute Gasteiger partial charge is 0.383 e. The van der Waals surface area contributed by atoms with Gasteiger partial charge in [0, 0.05) is 50.1 Å². The summed E-state index contributed by atoms with van der Waals surface area (Å²) >= 11 is 6.20. The van der Waals surface area contributed by atoms with E-state index in [0.717, 1.165) is 0 Å². The van der Waals surface area contributed by atoms with E-state index in [9.17, 15) is 14.4 Å². The molecule has 3 N–H and O–H groups in total. The number of aryl methyl sites for hydroxylation is 1. The number of hydrogen-bond acceptors (Lipinski definition) is 7. The number of benzene rings is 1. The third kappa shape index (κ3) is 6.77. The summed E-state index contributed by atoms with van der Waals surface area (Å²) in [4.78, 5) is 46.4. The predicted molar refractivity (Wildman–Crippen MR) is 125 cm³/mol. The molecule has 1 aromatic carbocycles. The van der Waals surface area contributed by atoms with Crippen molar-refractivity contribution in [3.8, 4) is 0 Å². The van der Waals surface area contributed by atoms with Gasteiger partial charge in [-0.25, -0.2) is 4.98 Å². The number of methoxy groups -OCH3 is 1. The SMILES string of the molecule is COCCNC(=O)c1ccc(NC(=O)CCc2c(C)nc(N3CCOCC3)[nH]c2=O)cc1Cl. The first-order valence-electron chi connectivity index (χ1n) is 10.7. The van der Waals surface area contributed by atoms with Crippen molar-refractivity contribution in [3.05, 3.63) is 50.4 Å². The monoisotopic (exact) mass is 477 g/mol.